The van der Waals surface area contributed by atoms with Gasteiger partial charge in [0.1, 0.15) is 12.1 Å². The summed E-state index contributed by atoms with van der Waals surface area (Å²) < 4.78 is 0. The minimum atomic E-state index is -0.858. The molecule has 2 atom stereocenters. The van der Waals surface area contributed by atoms with Crippen molar-refractivity contribution in [2.45, 2.75) is 50.6 Å². The Morgan fingerprint density at radius 1 is 0.600 bits per heavy atom. The molecule has 162 valence electrons. The highest BCUT2D eigenvalue weighted by molar-refractivity contribution is 5.76. The summed E-state index contributed by atoms with van der Waals surface area (Å²) >= 11 is 0. The van der Waals surface area contributed by atoms with Crippen LogP contribution in [0.3, 0.4) is 0 Å². The van der Waals surface area contributed by atoms with Crippen molar-refractivity contribution in [2.24, 2.45) is 0 Å². The quantitative estimate of drug-likeness (QED) is 0.328. The van der Waals surface area contributed by atoms with Gasteiger partial charge in [-0.3, -0.25) is 9.59 Å². The van der Waals surface area contributed by atoms with Gasteiger partial charge in [0.15, 0.2) is 0 Å². The van der Waals surface area contributed by atoms with Crippen LogP contribution < -0.4 is 10.6 Å². The summed E-state index contributed by atoms with van der Waals surface area (Å²) in [6, 6.07) is 17.1. The third-order valence-electron chi connectivity index (χ3n) is 5.06. The zero-order chi connectivity index (χ0) is 21.6. The van der Waals surface area contributed by atoms with Gasteiger partial charge >= 0.3 is 11.9 Å². The van der Waals surface area contributed by atoms with Crippen molar-refractivity contribution in [3.8, 4) is 0 Å². The molecule has 0 unspecified atom stereocenters. The zero-order valence-electron chi connectivity index (χ0n) is 17.3. The highest BCUT2D eigenvalue weighted by atomic mass is 16.4. The summed E-state index contributed by atoms with van der Waals surface area (Å²) in [5.41, 5.74) is 1.54. The number of hydrogen-bond acceptors (Lipinski definition) is 4. The Hall–Kier alpha value is -2.70. The molecular weight excluding hydrogens is 380 g/mol. The molecule has 0 bridgehead atoms. The first kappa shape index (κ1) is 23.6. The maximum absolute atomic E-state index is 11.4. The fraction of sp³-hybridized carbons (Fsp3) is 0.417. The standard InChI is InChI=1S/C24H32N2O4/c27-23(28)21(19-13-7-5-8-14-19)25-17-11-3-1-2-4-12-18-26-22(24(29)30)20-15-9-6-10-16-20/h5-10,13-16,21-22,25-26H,1-4,11-12,17-18H2,(H,27,28)(H,29,30)/t21-,22-/m0/s1. The number of unbranched alkanes of at least 4 members (excludes halogenated alkanes) is 5. The second-order valence-electron chi connectivity index (χ2n) is 7.39. The van der Waals surface area contributed by atoms with Crippen LogP contribution in [0.4, 0.5) is 0 Å². The van der Waals surface area contributed by atoms with Crippen molar-refractivity contribution >= 4 is 11.9 Å². The molecule has 0 amide bonds. The summed E-state index contributed by atoms with van der Waals surface area (Å²) in [6.07, 6.45) is 6.14. The van der Waals surface area contributed by atoms with Crippen molar-refractivity contribution in [1.82, 2.24) is 10.6 Å². The van der Waals surface area contributed by atoms with Crippen LogP contribution in [0.25, 0.3) is 0 Å². The Morgan fingerprint density at radius 3 is 1.27 bits per heavy atom. The number of nitrogens with one attached hydrogen (secondary N) is 2. The van der Waals surface area contributed by atoms with E-state index in [-0.39, 0.29) is 0 Å². The molecule has 30 heavy (non-hydrogen) atoms. The third kappa shape index (κ3) is 8.35. The van der Waals surface area contributed by atoms with Crippen LogP contribution >= 0.6 is 0 Å². The highest BCUT2D eigenvalue weighted by Gasteiger charge is 2.19. The normalized spacial score (nSPS) is 12.9. The summed E-state index contributed by atoms with van der Waals surface area (Å²) in [4.78, 5) is 22.9. The second kappa shape index (κ2) is 13.5. The van der Waals surface area contributed by atoms with Crippen molar-refractivity contribution in [2.75, 3.05) is 13.1 Å². The number of benzene rings is 2. The predicted molar refractivity (Wildman–Crippen MR) is 117 cm³/mol. The molecule has 0 heterocycles. The van der Waals surface area contributed by atoms with Crippen molar-refractivity contribution in [3.63, 3.8) is 0 Å². The summed E-state index contributed by atoms with van der Waals surface area (Å²) in [7, 11) is 0. The molecule has 2 aromatic carbocycles. The molecule has 0 saturated carbocycles. The van der Waals surface area contributed by atoms with Gasteiger partial charge in [-0.1, -0.05) is 86.3 Å². The molecule has 0 radical (unpaired) electrons. The fourth-order valence-electron chi connectivity index (χ4n) is 3.44. The van der Waals surface area contributed by atoms with Crippen LogP contribution in [0.5, 0.6) is 0 Å². The molecule has 6 nitrogen and oxygen atoms in total. The molecule has 0 aliphatic rings. The van der Waals surface area contributed by atoms with Crippen LogP contribution in [0.1, 0.15) is 61.7 Å². The van der Waals surface area contributed by atoms with Gasteiger partial charge in [0.25, 0.3) is 0 Å². The largest absolute Gasteiger partial charge is 0.480 e. The van der Waals surface area contributed by atoms with Crippen molar-refractivity contribution < 1.29 is 19.8 Å². The van der Waals surface area contributed by atoms with E-state index in [1.54, 1.807) is 0 Å². The van der Waals surface area contributed by atoms with E-state index >= 15 is 0 Å². The molecule has 0 aliphatic carbocycles. The van der Waals surface area contributed by atoms with E-state index in [1.165, 1.54) is 0 Å². The number of carboxylic acid groups (broad SMARTS) is 2. The molecule has 4 N–H and O–H groups in total. The minimum Gasteiger partial charge on any atom is -0.480 e. The molecule has 0 saturated heterocycles. The van der Waals surface area contributed by atoms with Gasteiger partial charge in [0.05, 0.1) is 0 Å². The summed E-state index contributed by atoms with van der Waals surface area (Å²) in [6.45, 7) is 1.34. The Balaban J connectivity index is 1.54. The lowest BCUT2D eigenvalue weighted by Gasteiger charge is -2.15. The number of rotatable bonds is 15. The SMILES string of the molecule is O=C(O)[C@@H](NCCCCCCCCN[C@H](C(=O)O)c1ccccc1)c1ccccc1. The second-order valence-corrected chi connectivity index (χ2v) is 7.39. The molecule has 2 aromatic rings. The summed E-state index contributed by atoms with van der Waals surface area (Å²) in [5.74, 6) is -1.72. The van der Waals surface area contributed by atoms with E-state index in [0.717, 1.165) is 49.7 Å². The van der Waals surface area contributed by atoms with Gasteiger partial charge in [-0.25, -0.2) is 0 Å². The van der Waals surface area contributed by atoms with Crippen LogP contribution in [-0.4, -0.2) is 35.2 Å². The Bertz CT molecular complexity index is 687. The van der Waals surface area contributed by atoms with E-state index in [4.69, 9.17) is 0 Å². The topological polar surface area (TPSA) is 98.7 Å². The monoisotopic (exact) mass is 412 g/mol. The summed E-state index contributed by atoms with van der Waals surface area (Å²) in [5, 5.41) is 25.0. The van der Waals surface area contributed by atoms with E-state index in [1.807, 2.05) is 60.7 Å². The molecule has 6 heteroatoms. The lowest BCUT2D eigenvalue weighted by atomic mass is 10.1. The average Bonchev–Trinajstić information content (AvgIpc) is 2.75. The van der Waals surface area contributed by atoms with Crippen molar-refractivity contribution in [1.29, 1.82) is 0 Å². The number of aliphatic carboxylic acids is 2. The molecular formula is C24H32N2O4. The maximum atomic E-state index is 11.4. The smallest absolute Gasteiger partial charge is 0.325 e. The van der Waals surface area contributed by atoms with Crippen LogP contribution in [-0.2, 0) is 9.59 Å². The van der Waals surface area contributed by atoms with E-state index in [9.17, 15) is 19.8 Å². The van der Waals surface area contributed by atoms with Crippen LogP contribution in [0.2, 0.25) is 0 Å². The number of carbonyl (C=O) groups is 2. The zero-order valence-corrected chi connectivity index (χ0v) is 17.3. The van der Waals surface area contributed by atoms with Gasteiger partial charge < -0.3 is 20.8 Å². The Kier molecular flexibility index (Phi) is 10.6. The maximum Gasteiger partial charge on any atom is 0.325 e. The first-order chi connectivity index (χ1) is 14.6. The van der Waals surface area contributed by atoms with E-state index < -0.39 is 24.0 Å². The van der Waals surface area contributed by atoms with Gasteiger partial charge in [0, 0.05) is 0 Å². The van der Waals surface area contributed by atoms with Crippen LogP contribution in [0.15, 0.2) is 60.7 Å². The fourth-order valence-corrected chi connectivity index (χ4v) is 3.44. The Morgan fingerprint density at radius 2 is 0.933 bits per heavy atom. The lowest BCUT2D eigenvalue weighted by Crippen LogP contribution is -2.29. The molecule has 0 aromatic heterocycles. The number of hydrogen-bond donors (Lipinski definition) is 4. The predicted octanol–water partition coefficient (Wildman–Crippen LogP) is 4.16. The number of carboxylic acids is 2. The molecule has 0 fully saturated rings. The van der Waals surface area contributed by atoms with Gasteiger partial charge in [-0.15, -0.1) is 0 Å². The molecule has 0 aliphatic heterocycles. The van der Waals surface area contributed by atoms with Gasteiger partial charge in [0.2, 0.25) is 0 Å². The first-order valence-electron chi connectivity index (χ1n) is 10.6. The molecule has 0 spiro atoms. The Labute approximate surface area is 178 Å². The first-order valence-corrected chi connectivity index (χ1v) is 10.6. The average molecular weight is 413 g/mol. The van der Waals surface area contributed by atoms with E-state index in [0.29, 0.717) is 13.1 Å². The van der Waals surface area contributed by atoms with Crippen LogP contribution in [0, 0.1) is 0 Å². The third-order valence-corrected chi connectivity index (χ3v) is 5.06. The molecule has 2 rings (SSSR count). The van der Waals surface area contributed by atoms with Gasteiger partial charge in [-0.05, 0) is 37.1 Å². The highest BCUT2D eigenvalue weighted by Crippen LogP contribution is 2.14. The minimum absolute atomic E-state index is 0.663. The van der Waals surface area contributed by atoms with Gasteiger partial charge in [-0.2, -0.15) is 0 Å². The van der Waals surface area contributed by atoms with Crippen molar-refractivity contribution in [3.05, 3.63) is 71.8 Å². The van der Waals surface area contributed by atoms with E-state index in [2.05, 4.69) is 10.6 Å². The lowest BCUT2D eigenvalue weighted by molar-refractivity contribution is -0.140.